The van der Waals surface area contributed by atoms with Crippen molar-refractivity contribution in [2.45, 2.75) is 35.8 Å². The summed E-state index contributed by atoms with van der Waals surface area (Å²) >= 11 is 7.45. The molecule has 2 rings (SSSR count). The van der Waals surface area contributed by atoms with Gasteiger partial charge in [0.2, 0.25) is 10.0 Å². The molecule has 0 aliphatic carbocycles. The molecular weight excluding hydrogens is 306 g/mol. The zero-order valence-electron chi connectivity index (χ0n) is 11.0. The van der Waals surface area contributed by atoms with Gasteiger partial charge in [-0.2, -0.15) is 21.2 Å². The highest BCUT2D eigenvalue weighted by Gasteiger charge is 2.32. The van der Waals surface area contributed by atoms with Crippen LogP contribution in [-0.2, 0) is 16.6 Å². The van der Waals surface area contributed by atoms with Gasteiger partial charge < -0.3 is 0 Å². The van der Waals surface area contributed by atoms with Crippen LogP contribution in [-0.4, -0.2) is 52.0 Å². The molecule has 0 aromatic carbocycles. The van der Waals surface area contributed by atoms with Crippen molar-refractivity contribution in [3.63, 3.8) is 0 Å². The Morgan fingerprint density at radius 1 is 1.42 bits per heavy atom. The number of sulfonamides is 1. The molecule has 0 radical (unpaired) electrons. The van der Waals surface area contributed by atoms with Crippen LogP contribution in [0.15, 0.2) is 17.3 Å². The van der Waals surface area contributed by atoms with E-state index in [0.717, 1.165) is 0 Å². The first-order valence-electron chi connectivity index (χ1n) is 6.17. The van der Waals surface area contributed by atoms with Crippen LogP contribution in [0.4, 0.5) is 0 Å². The molecule has 1 fully saturated rings. The molecule has 0 spiro atoms. The lowest BCUT2D eigenvalue weighted by atomic mass is 10.4. The maximum Gasteiger partial charge on any atom is 0.246 e. The van der Waals surface area contributed by atoms with Crippen molar-refractivity contribution >= 4 is 33.4 Å². The molecule has 1 aromatic heterocycles. The SMILES string of the molecule is CC1CN(S(=O)(=O)c2cnn(CCCl)c2)CC(C)S1. The second-order valence-corrected chi connectivity index (χ2v) is 8.90. The maximum atomic E-state index is 12.5. The molecule has 0 bridgehead atoms. The summed E-state index contributed by atoms with van der Waals surface area (Å²) in [4.78, 5) is 0.254. The largest absolute Gasteiger partial charge is 0.270 e. The molecule has 0 N–H and O–H groups in total. The Bertz CT molecular complexity index is 522. The number of halogens is 1. The molecule has 5 nitrogen and oxygen atoms in total. The molecule has 0 amide bonds. The van der Waals surface area contributed by atoms with E-state index in [1.54, 1.807) is 15.2 Å². The van der Waals surface area contributed by atoms with Gasteiger partial charge >= 0.3 is 0 Å². The van der Waals surface area contributed by atoms with Crippen LogP contribution >= 0.6 is 23.4 Å². The highest BCUT2D eigenvalue weighted by atomic mass is 35.5. The van der Waals surface area contributed by atoms with Crippen LogP contribution < -0.4 is 0 Å². The van der Waals surface area contributed by atoms with E-state index in [-0.39, 0.29) is 4.90 Å². The Morgan fingerprint density at radius 2 is 2.05 bits per heavy atom. The quantitative estimate of drug-likeness (QED) is 0.790. The van der Waals surface area contributed by atoms with Crippen LogP contribution in [0.5, 0.6) is 0 Å². The van der Waals surface area contributed by atoms with E-state index in [1.807, 2.05) is 11.8 Å². The number of nitrogens with zero attached hydrogens (tertiary/aromatic N) is 3. The third-order valence-corrected chi connectivity index (χ3v) is 6.13. The van der Waals surface area contributed by atoms with E-state index < -0.39 is 10.0 Å². The first-order valence-corrected chi connectivity index (χ1v) is 9.09. The smallest absolute Gasteiger partial charge is 0.246 e. The molecule has 108 valence electrons. The number of aromatic nitrogens is 2. The standard InChI is InChI=1S/C11H18ClN3O2S2/c1-9-6-15(7-10(2)18-9)19(16,17)11-5-13-14(8-11)4-3-12/h5,8-10H,3-4,6-7H2,1-2H3. The molecule has 1 saturated heterocycles. The van der Waals surface area contributed by atoms with Gasteiger partial charge in [-0.15, -0.1) is 11.6 Å². The lowest BCUT2D eigenvalue weighted by molar-refractivity contribution is 0.405. The second-order valence-electron chi connectivity index (χ2n) is 4.71. The predicted octanol–water partition coefficient (Wildman–Crippen LogP) is 1.64. The monoisotopic (exact) mass is 323 g/mol. The number of hydrogen-bond acceptors (Lipinski definition) is 4. The molecule has 19 heavy (non-hydrogen) atoms. The minimum absolute atomic E-state index is 0.254. The van der Waals surface area contributed by atoms with E-state index in [2.05, 4.69) is 18.9 Å². The third kappa shape index (κ3) is 3.45. The fraction of sp³-hybridized carbons (Fsp3) is 0.727. The van der Waals surface area contributed by atoms with Crippen molar-refractivity contribution < 1.29 is 8.42 Å². The van der Waals surface area contributed by atoms with E-state index in [4.69, 9.17) is 11.6 Å². The first-order chi connectivity index (χ1) is 8.93. The van der Waals surface area contributed by atoms with Crippen molar-refractivity contribution in [1.82, 2.24) is 14.1 Å². The lowest BCUT2D eigenvalue weighted by Gasteiger charge is -2.33. The van der Waals surface area contributed by atoms with Gasteiger partial charge in [0.25, 0.3) is 0 Å². The third-order valence-electron chi connectivity index (χ3n) is 2.95. The van der Waals surface area contributed by atoms with Gasteiger partial charge in [0.05, 0.1) is 12.7 Å². The first kappa shape index (κ1) is 15.2. The summed E-state index contributed by atoms with van der Waals surface area (Å²) in [7, 11) is -3.43. The van der Waals surface area contributed by atoms with Crippen LogP contribution in [0.2, 0.25) is 0 Å². The molecular formula is C11H18ClN3O2S2. The molecule has 2 atom stereocenters. The van der Waals surface area contributed by atoms with E-state index in [9.17, 15) is 8.42 Å². The van der Waals surface area contributed by atoms with Crippen molar-refractivity contribution in [2.24, 2.45) is 0 Å². The van der Waals surface area contributed by atoms with Gasteiger partial charge in [-0.1, -0.05) is 13.8 Å². The number of rotatable bonds is 4. The molecule has 1 aliphatic rings. The van der Waals surface area contributed by atoms with Crippen LogP contribution in [0, 0.1) is 0 Å². The summed E-state index contributed by atoms with van der Waals surface area (Å²) in [5.74, 6) is 0.412. The fourth-order valence-corrected chi connectivity index (χ4v) is 5.42. The lowest BCUT2D eigenvalue weighted by Crippen LogP contribution is -2.43. The zero-order valence-corrected chi connectivity index (χ0v) is 13.4. The van der Waals surface area contributed by atoms with Crippen LogP contribution in [0.25, 0.3) is 0 Å². The zero-order chi connectivity index (χ0) is 14.0. The molecule has 2 heterocycles. The Morgan fingerprint density at radius 3 is 2.63 bits per heavy atom. The predicted molar refractivity (Wildman–Crippen MR) is 78.2 cm³/mol. The van der Waals surface area contributed by atoms with Gasteiger partial charge in [-0.3, -0.25) is 4.68 Å². The summed E-state index contributed by atoms with van der Waals surface area (Å²) in [6, 6.07) is 0. The minimum atomic E-state index is -3.43. The highest BCUT2D eigenvalue weighted by molar-refractivity contribution is 8.00. The summed E-state index contributed by atoms with van der Waals surface area (Å²) in [5, 5.41) is 4.66. The van der Waals surface area contributed by atoms with E-state index in [1.165, 1.54) is 6.20 Å². The van der Waals surface area contributed by atoms with Gasteiger partial charge in [-0.05, 0) is 0 Å². The second kappa shape index (κ2) is 6.03. The number of hydrogen-bond donors (Lipinski definition) is 0. The average Bonchev–Trinajstić information content (AvgIpc) is 2.77. The Kier molecular flexibility index (Phi) is 4.81. The molecule has 2 unspecified atom stereocenters. The van der Waals surface area contributed by atoms with Gasteiger partial charge in [0.15, 0.2) is 0 Å². The Labute approximate surface area is 123 Å². The van der Waals surface area contributed by atoms with Crippen molar-refractivity contribution in [2.75, 3.05) is 19.0 Å². The minimum Gasteiger partial charge on any atom is -0.270 e. The van der Waals surface area contributed by atoms with E-state index in [0.29, 0.717) is 36.0 Å². The normalized spacial score (nSPS) is 25.6. The average molecular weight is 324 g/mol. The molecule has 1 aromatic rings. The summed E-state index contributed by atoms with van der Waals surface area (Å²) < 4.78 is 28.2. The van der Waals surface area contributed by atoms with Crippen LogP contribution in [0.1, 0.15) is 13.8 Å². The molecule has 0 saturated carbocycles. The van der Waals surface area contributed by atoms with Gasteiger partial charge in [0.1, 0.15) is 4.90 Å². The maximum absolute atomic E-state index is 12.5. The summed E-state index contributed by atoms with van der Waals surface area (Å²) in [5.41, 5.74) is 0. The van der Waals surface area contributed by atoms with E-state index >= 15 is 0 Å². The fourth-order valence-electron chi connectivity index (χ4n) is 2.16. The number of aryl methyl sites for hydroxylation is 1. The van der Waals surface area contributed by atoms with Crippen molar-refractivity contribution in [3.8, 4) is 0 Å². The molecule has 1 aliphatic heterocycles. The Hall–Kier alpha value is -0.240. The van der Waals surface area contributed by atoms with Crippen molar-refractivity contribution in [1.29, 1.82) is 0 Å². The summed E-state index contributed by atoms with van der Waals surface area (Å²) in [6.07, 6.45) is 2.95. The molecule has 8 heteroatoms. The highest BCUT2D eigenvalue weighted by Crippen LogP contribution is 2.28. The summed E-state index contributed by atoms with van der Waals surface area (Å²) in [6.45, 7) is 5.73. The topological polar surface area (TPSA) is 55.2 Å². The number of thioether (sulfide) groups is 1. The van der Waals surface area contributed by atoms with Gasteiger partial charge in [0, 0.05) is 35.7 Å². The van der Waals surface area contributed by atoms with Crippen LogP contribution in [0.3, 0.4) is 0 Å². The Balaban J connectivity index is 2.20. The van der Waals surface area contributed by atoms with Crippen molar-refractivity contribution in [3.05, 3.63) is 12.4 Å². The van der Waals surface area contributed by atoms with Gasteiger partial charge in [-0.25, -0.2) is 8.42 Å². The number of alkyl halides is 1.